The van der Waals surface area contributed by atoms with E-state index in [9.17, 15) is 13.2 Å². The first-order chi connectivity index (χ1) is 11.3. The van der Waals surface area contributed by atoms with Crippen molar-refractivity contribution in [1.29, 1.82) is 0 Å². The van der Waals surface area contributed by atoms with Crippen LogP contribution < -0.4 is 10.0 Å². The maximum atomic E-state index is 12.6. The summed E-state index contributed by atoms with van der Waals surface area (Å²) in [5.41, 5.74) is 2.82. The number of hydrogen-bond acceptors (Lipinski definition) is 3. The monoisotopic (exact) mass is 344 g/mol. The first kappa shape index (κ1) is 16.5. The molecule has 0 atom stereocenters. The van der Waals surface area contributed by atoms with E-state index in [0.717, 1.165) is 24.0 Å². The average Bonchev–Trinajstić information content (AvgIpc) is 3.29. The second-order valence-electron chi connectivity index (χ2n) is 6.26. The number of sulfonamides is 1. The summed E-state index contributed by atoms with van der Waals surface area (Å²) in [6.45, 7) is 3.82. The second-order valence-corrected chi connectivity index (χ2v) is 7.94. The van der Waals surface area contributed by atoms with Crippen LogP contribution in [-0.4, -0.2) is 20.4 Å². The van der Waals surface area contributed by atoms with Crippen molar-refractivity contribution in [2.45, 2.75) is 37.6 Å². The standard InChI is InChI=1S/C18H20N2O3S/c1-12-8-13(2)10-16(9-12)20-24(22,23)17-5-3-4-14(11-17)18(21)19-15-6-7-15/h3-5,8-11,15,20H,6-7H2,1-2H3,(H,19,21). The number of benzene rings is 2. The SMILES string of the molecule is Cc1cc(C)cc(NS(=O)(=O)c2cccc(C(=O)NC3CC3)c2)c1. The fraction of sp³-hybridized carbons (Fsp3) is 0.278. The lowest BCUT2D eigenvalue weighted by atomic mass is 10.1. The van der Waals surface area contributed by atoms with Crippen molar-refractivity contribution in [3.8, 4) is 0 Å². The van der Waals surface area contributed by atoms with Crippen LogP contribution in [-0.2, 0) is 10.0 Å². The summed E-state index contributed by atoms with van der Waals surface area (Å²) in [5.74, 6) is -0.235. The Morgan fingerprint density at radius 1 is 1.04 bits per heavy atom. The van der Waals surface area contributed by atoms with Gasteiger partial charge in [0.15, 0.2) is 0 Å². The third-order valence-electron chi connectivity index (χ3n) is 3.79. The molecule has 2 aromatic carbocycles. The van der Waals surface area contributed by atoms with E-state index < -0.39 is 10.0 Å². The highest BCUT2D eigenvalue weighted by molar-refractivity contribution is 7.92. The lowest BCUT2D eigenvalue weighted by Gasteiger charge is -2.11. The maximum Gasteiger partial charge on any atom is 0.261 e. The molecule has 1 fully saturated rings. The molecular formula is C18H20N2O3S. The summed E-state index contributed by atoms with van der Waals surface area (Å²) < 4.78 is 27.8. The largest absolute Gasteiger partial charge is 0.349 e. The fourth-order valence-corrected chi connectivity index (χ4v) is 3.63. The summed E-state index contributed by atoms with van der Waals surface area (Å²) in [7, 11) is -3.75. The van der Waals surface area contributed by atoms with Crippen LogP contribution in [0.3, 0.4) is 0 Å². The molecule has 0 unspecified atom stereocenters. The number of hydrogen-bond donors (Lipinski definition) is 2. The van der Waals surface area contributed by atoms with Crippen LogP contribution in [0.15, 0.2) is 47.4 Å². The van der Waals surface area contributed by atoms with E-state index in [2.05, 4.69) is 10.0 Å². The summed E-state index contributed by atoms with van der Waals surface area (Å²) >= 11 is 0. The van der Waals surface area contributed by atoms with E-state index in [-0.39, 0.29) is 16.8 Å². The van der Waals surface area contributed by atoms with E-state index in [0.29, 0.717) is 11.3 Å². The van der Waals surface area contributed by atoms with Gasteiger partial charge in [0, 0.05) is 17.3 Å². The van der Waals surface area contributed by atoms with Crippen LogP contribution >= 0.6 is 0 Å². The van der Waals surface area contributed by atoms with Crippen LogP contribution in [0.5, 0.6) is 0 Å². The minimum Gasteiger partial charge on any atom is -0.349 e. The maximum absolute atomic E-state index is 12.6. The Hall–Kier alpha value is -2.34. The smallest absolute Gasteiger partial charge is 0.261 e. The first-order valence-corrected chi connectivity index (χ1v) is 9.34. The quantitative estimate of drug-likeness (QED) is 0.875. The van der Waals surface area contributed by atoms with Gasteiger partial charge in [-0.1, -0.05) is 12.1 Å². The second kappa shape index (κ2) is 6.28. The van der Waals surface area contributed by atoms with Crippen LogP contribution in [0.4, 0.5) is 5.69 Å². The highest BCUT2D eigenvalue weighted by atomic mass is 32.2. The number of anilines is 1. The number of nitrogens with one attached hydrogen (secondary N) is 2. The lowest BCUT2D eigenvalue weighted by molar-refractivity contribution is 0.0951. The average molecular weight is 344 g/mol. The number of carbonyl (C=O) groups is 1. The van der Waals surface area contributed by atoms with Gasteiger partial charge in [-0.05, 0) is 68.1 Å². The summed E-state index contributed by atoms with van der Waals surface area (Å²) in [6, 6.07) is 11.8. The van der Waals surface area contributed by atoms with Gasteiger partial charge in [0.05, 0.1) is 4.90 Å². The van der Waals surface area contributed by atoms with Crippen molar-refractivity contribution < 1.29 is 13.2 Å². The van der Waals surface area contributed by atoms with Crippen molar-refractivity contribution in [2.24, 2.45) is 0 Å². The van der Waals surface area contributed by atoms with Gasteiger partial charge < -0.3 is 5.32 Å². The number of aryl methyl sites for hydroxylation is 2. The molecule has 0 bridgehead atoms. The summed E-state index contributed by atoms with van der Waals surface area (Å²) in [5, 5.41) is 2.86. The lowest BCUT2D eigenvalue weighted by Crippen LogP contribution is -2.25. The molecule has 1 amide bonds. The number of rotatable bonds is 5. The molecular weight excluding hydrogens is 324 g/mol. The van der Waals surface area contributed by atoms with E-state index in [1.54, 1.807) is 24.3 Å². The Kier molecular flexibility index (Phi) is 4.32. The third-order valence-corrected chi connectivity index (χ3v) is 5.17. The zero-order chi connectivity index (χ0) is 17.3. The van der Waals surface area contributed by atoms with Gasteiger partial charge >= 0.3 is 0 Å². The molecule has 0 heterocycles. The molecule has 0 aromatic heterocycles. The predicted molar refractivity (Wildman–Crippen MR) is 93.7 cm³/mol. The van der Waals surface area contributed by atoms with E-state index in [4.69, 9.17) is 0 Å². The first-order valence-electron chi connectivity index (χ1n) is 7.85. The normalized spacial score (nSPS) is 14.2. The van der Waals surface area contributed by atoms with Crippen molar-refractivity contribution in [1.82, 2.24) is 5.32 Å². The van der Waals surface area contributed by atoms with Crippen molar-refractivity contribution in [3.63, 3.8) is 0 Å². The Morgan fingerprint density at radius 2 is 1.71 bits per heavy atom. The van der Waals surface area contributed by atoms with Crippen LogP contribution in [0.1, 0.15) is 34.3 Å². The zero-order valence-corrected chi connectivity index (χ0v) is 14.5. The van der Waals surface area contributed by atoms with Gasteiger partial charge in [-0.15, -0.1) is 0 Å². The molecule has 6 heteroatoms. The Bertz CT molecular complexity index is 867. The minimum absolute atomic E-state index is 0.0742. The Morgan fingerprint density at radius 3 is 2.33 bits per heavy atom. The molecule has 0 saturated heterocycles. The van der Waals surface area contributed by atoms with Crippen LogP contribution in [0, 0.1) is 13.8 Å². The number of carbonyl (C=O) groups excluding carboxylic acids is 1. The van der Waals surface area contributed by atoms with Gasteiger partial charge in [-0.3, -0.25) is 9.52 Å². The highest BCUT2D eigenvalue weighted by Gasteiger charge is 2.24. The molecule has 3 rings (SSSR count). The van der Waals surface area contributed by atoms with E-state index >= 15 is 0 Å². The highest BCUT2D eigenvalue weighted by Crippen LogP contribution is 2.21. The van der Waals surface area contributed by atoms with Gasteiger partial charge in [0.1, 0.15) is 0 Å². The van der Waals surface area contributed by atoms with Gasteiger partial charge in [-0.25, -0.2) is 8.42 Å². The molecule has 2 aromatic rings. The molecule has 1 aliphatic rings. The molecule has 24 heavy (non-hydrogen) atoms. The third kappa shape index (κ3) is 3.94. The van der Waals surface area contributed by atoms with Gasteiger partial charge in [0.2, 0.25) is 0 Å². The minimum atomic E-state index is -3.75. The van der Waals surface area contributed by atoms with Crippen LogP contribution in [0.2, 0.25) is 0 Å². The van der Waals surface area contributed by atoms with Crippen molar-refractivity contribution in [3.05, 3.63) is 59.2 Å². The fourth-order valence-electron chi connectivity index (χ4n) is 2.55. The summed E-state index contributed by atoms with van der Waals surface area (Å²) in [4.78, 5) is 12.2. The zero-order valence-electron chi connectivity index (χ0n) is 13.7. The molecule has 1 saturated carbocycles. The molecule has 2 N–H and O–H groups in total. The number of amides is 1. The molecule has 0 aliphatic heterocycles. The molecule has 0 spiro atoms. The molecule has 5 nitrogen and oxygen atoms in total. The summed E-state index contributed by atoms with van der Waals surface area (Å²) in [6.07, 6.45) is 1.97. The topological polar surface area (TPSA) is 75.3 Å². The predicted octanol–water partition coefficient (Wildman–Crippen LogP) is 3.00. The van der Waals surface area contributed by atoms with E-state index in [1.165, 1.54) is 12.1 Å². The van der Waals surface area contributed by atoms with Crippen molar-refractivity contribution >= 4 is 21.6 Å². The Labute approximate surface area is 142 Å². The van der Waals surface area contributed by atoms with Gasteiger partial charge in [0.25, 0.3) is 15.9 Å². The Balaban J connectivity index is 1.84. The van der Waals surface area contributed by atoms with Gasteiger partial charge in [-0.2, -0.15) is 0 Å². The molecule has 0 radical (unpaired) electrons. The van der Waals surface area contributed by atoms with E-state index in [1.807, 2.05) is 19.9 Å². The van der Waals surface area contributed by atoms with Crippen LogP contribution in [0.25, 0.3) is 0 Å². The molecule has 1 aliphatic carbocycles. The molecule has 126 valence electrons. The van der Waals surface area contributed by atoms with Crippen molar-refractivity contribution in [2.75, 3.05) is 4.72 Å².